The normalized spacial score (nSPS) is 10.8. The summed E-state index contributed by atoms with van der Waals surface area (Å²) in [5, 5.41) is 0. The first-order valence-electron chi connectivity index (χ1n) is 7.50. The van der Waals surface area contributed by atoms with E-state index in [1.54, 1.807) is 0 Å². The lowest BCUT2D eigenvalue weighted by atomic mass is 10.3. The van der Waals surface area contributed by atoms with Gasteiger partial charge in [-0.3, -0.25) is 4.79 Å². The first kappa shape index (κ1) is 15.4. The van der Waals surface area contributed by atoms with Crippen molar-refractivity contribution in [3.8, 4) is 5.75 Å². The molecule has 0 radical (unpaired) electrons. The second-order valence-corrected chi connectivity index (χ2v) is 5.10. The fourth-order valence-corrected chi connectivity index (χ4v) is 2.26. The molecule has 5 nitrogen and oxygen atoms in total. The first-order valence-corrected chi connectivity index (χ1v) is 7.50. The average Bonchev–Trinajstić information content (AvgIpc) is 2.86. The number of amides is 1. The number of nitrogens with zero attached hydrogens (tertiary/aromatic N) is 3. The molecule has 0 aliphatic rings. The van der Waals surface area contributed by atoms with Crippen LogP contribution in [0.15, 0.2) is 24.5 Å². The fraction of sp³-hybridized carbons (Fsp3) is 0.500. The van der Waals surface area contributed by atoms with Crippen LogP contribution in [0, 0.1) is 6.92 Å². The Labute approximate surface area is 125 Å². The van der Waals surface area contributed by atoms with Gasteiger partial charge in [-0.05, 0) is 32.4 Å². The minimum atomic E-state index is 0.0243. The molecule has 0 aliphatic heterocycles. The number of ether oxygens (including phenoxy) is 1. The number of fused-ring (bicyclic) bond motifs is 1. The van der Waals surface area contributed by atoms with Crippen LogP contribution in [0.4, 0.5) is 0 Å². The quantitative estimate of drug-likeness (QED) is 0.787. The Morgan fingerprint density at radius 3 is 2.95 bits per heavy atom. The van der Waals surface area contributed by atoms with Gasteiger partial charge in [-0.25, -0.2) is 4.98 Å². The van der Waals surface area contributed by atoms with Crippen molar-refractivity contribution < 1.29 is 9.53 Å². The molecule has 0 unspecified atom stereocenters. The van der Waals surface area contributed by atoms with Crippen molar-refractivity contribution in [2.75, 3.05) is 19.7 Å². The van der Waals surface area contributed by atoms with Crippen molar-refractivity contribution in [1.29, 1.82) is 0 Å². The predicted octanol–water partition coefficient (Wildman–Crippen LogP) is 2.67. The zero-order valence-corrected chi connectivity index (χ0v) is 13.0. The maximum absolute atomic E-state index is 12.2. The maximum atomic E-state index is 12.2. The zero-order chi connectivity index (χ0) is 15.2. The van der Waals surface area contributed by atoms with Crippen molar-refractivity contribution in [2.24, 2.45) is 0 Å². The van der Waals surface area contributed by atoms with E-state index < -0.39 is 0 Å². The number of pyridine rings is 1. The van der Waals surface area contributed by atoms with E-state index in [4.69, 9.17) is 4.74 Å². The largest absolute Gasteiger partial charge is 0.480 e. The number of aromatic nitrogens is 2. The van der Waals surface area contributed by atoms with Crippen LogP contribution in [0.2, 0.25) is 0 Å². The first-order chi connectivity index (χ1) is 10.2. The summed E-state index contributed by atoms with van der Waals surface area (Å²) >= 11 is 0. The molecule has 0 saturated carbocycles. The number of hydrogen-bond donors (Lipinski definition) is 0. The van der Waals surface area contributed by atoms with E-state index in [1.807, 2.05) is 47.7 Å². The Morgan fingerprint density at radius 1 is 1.43 bits per heavy atom. The van der Waals surface area contributed by atoms with E-state index in [0.717, 1.165) is 37.3 Å². The summed E-state index contributed by atoms with van der Waals surface area (Å²) in [6.07, 6.45) is 5.96. The number of likely N-dealkylation sites (N-methyl/N-ethyl adjacent to an activating group) is 1. The number of imidazole rings is 1. The molecular formula is C16H23N3O2. The van der Waals surface area contributed by atoms with E-state index in [2.05, 4.69) is 11.9 Å². The summed E-state index contributed by atoms with van der Waals surface area (Å²) in [5.74, 6) is 0.668. The number of hydrogen-bond acceptors (Lipinski definition) is 3. The summed E-state index contributed by atoms with van der Waals surface area (Å²) in [6, 6.07) is 3.74. The number of carbonyl (C=O) groups excluding carboxylic acids is 1. The Balaban J connectivity index is 2.02. The highest BCUT2D eigenvalue weighted by Crippen LogP contribution is 2.18. The lowest BCUT2D eigenvalue weighted by Gasteiger charge is -2.20. The monoisotopic (exact) mass is 289 g/mol. The number of rotatable bonds is 7. The minimum absolute atomic E-state index is 0.0243. The van der Waals surface area contributed by atoms with Gasteiger partial charge in [-0.2, -0.15) is 0 Å². The SMILES string of the molecule is CCCCN(CC)C(=O)COc1cccn2cc(C)nc12. The predicted molar refractivity (Wildman–Crippen MR) is 82.6 cm³/mol. The summed E-state index contributed by atoms with van der Waals surface area (Å²) in [4.78, 5) is 18.4. The molecule has 0 fully saturated rings. The van der Waals surface area contributed by atoms with Crippen LogP contribution < -0.4 is 4.74 Å². The molecule has 2 aromatic heterocycles. The summed E-state index contributed by atoms with van der Waals surface area (Å²) in [5.41, 5.74) is 1.68. The van der Waals surface area contributed by atoms with Gasteiger partial charge in [0.25, 0.3) is 5.91 Å². The van der Waals surface area contributed by atoms with Gasteiger partial charge in [0, 0.05) is 25.5 Å². The molecule has 1 amide bonds. The number of unbranched alkanes of at least 4 members (excludes halogenated alkanes) is 1. The van der Waals surface area contributed by atoms with Gasteiger partial charge in [0.1, 0.15) is 0 Å². The van der Waals surface area contributed by atoms with Crippen LogP contribution >= 0.6 is 0 Å². The molecule has 21 heavy (non-hydrogen) atoms. The summed E-state index contributed by atoms with van der Waals surface area (Å²) < 4.78 is 7.59. The van der Waals surface area contributed by atoms with Crippen LogP contribution in [0.5, 0.6) is 5.75 Å². The molecule has 114 valence electrons. The Kier molecular flexibility index (Phi) is 5.20. The van der Waals surface area contributed by atoms with Crippen molar-refractivity contribution >= 4 is 11.6 Å². The molecule has 0 N–H and O–H groups in total. The molecule has 0 spiro atoms. The summed E-state index contributed by atoms with van der Waals surface area (Å²) in [7, 11) is 0. The number of aryl methyl sites for hydroxylation is 1. The van der Waals surface area contributed by atoms with Gasteiger partial charge in [0.15, 0.2) is 18.0 Å². The zero-order valence-electron chi connectivity index (χ0n) is 13.0. The van der Waals surface area contributed by atoms with E-state index in [0.29, 0.717) is 5.75 Å². The second-order valence-electron chi connectivity index (χ2n) is 5.10. The van der Waals surface area contributed by atoms with Crippen molar-refractivity contribution in [1.82, 2.24) is 14.3 Å². The standard InChI is InChI=1S/C16H23N3O2/c1-4-6-9-18(5-2)15(20)12-21-14-8-7-10-19-11-13(3)17-16(14)19/h7-8,10-11H,4-6,9,12H2,1-3H3. The third-order valence-corrected chi connectivity index (χ3v) is 3.43. The molecule has 2 aromatic rings. The lowest BCUT2D eigenvalue weighted by molar-refractivity contribution is -0.133. The average molecular weight is 289 g/mol. The molecule has 2 heterocycles. The van der Waals surface area contributed by atoms with Crippen molar-refractivity contribution in [2.45, 2.75) is 33.6 Å². The van der Waals surface area contributed by atoms with Crippen molar-refractivity contribution in [3.05, 3.63) is 30.2 Å². The Morgan fingerprint density at radius 2 is 2.24 bits per heavy atom. The van der Waals surface area contributed by atoms with E-state index in [-0.39, 0.29) is 12.5 Å². The molecule has 0 bridgehead atoms. The highest BCUT2D eigenvalue weighted by molar-refractivity contribution is 5.78. The highest BCUT2D eigenvalue weighted by Gasteiger charge is 2.13. The highest BCUT2D eigenvalue weighted by atomic mass is 16.5. The van der Waals surface area contributed by atoms with Crippen LogP contribution in [0.3, 0.4) is 0 Å². The van der Waals surface area contributed by atoms with Gasteiger partial charge in [0.2, 0.25) is 0 Å². The summed E-state index contributed by atoms with van der Waals surface area (Å²) in [6.45, 7) is 7.62. The molecular weight excluding hydrogens is 266 g/mol. The van der Waals surface area contributed by atoms with Crippen molar-refractivity contribution in [3.63, 3.8) is 0 Å². The molecule has 5 heteroatoms. The van der Waals surface area contributed by atoms with Gasteiger partial charge < -0.3 is 14.0 Å². The maximum Gasteiger partial charge on any atom is 0.260 e. The Bertz CT molecular complexity index is 607. The minimum Gasteiger partial charge on any atom is -0.480 e. The lowest BCUT2D eigenvalue weighted by Crippen LogP contribution is -2.35. The Hall–Kier alpha value is -2.04. The van der Waals surface area contributed by atoms with E-state index in [1.165, 1.54) is 0 Å². The number of carbonyl (C=O) groups is 1. The molecule has 0 aromatic carbocycles. The van der Waals surface area contributed by atoms with E-state index in [9.17, 15) is 4.79 Å². The third-order valence-electron chi connectivity index (χ3n) is 3.43. The van der Waals surface area contributed by atoms with Crippen LogP contribution in [0.1, 0.15) is 32.4 Å². The van der Waals surface area contributed by atoms with Crippen LogP contribution in [-0.4, -0.2) is 39.9 Å². The topological polar surface area (TPSA) is 46.8 Å². The van der Waals surface area contributed by atoms with Gasteiger partial charge >= 0.3 is 0 Å². The smallest absolute Gasteiger partial charge is 0.260 e. The fourth-order valence-electron chi connectivity index (χ4n) is 2.26. The van der Waals surface area contributed by atoms with E-state index >= 15 is 0 Å². The van der Waals surface area contributed by atoms with Gasteiger partial charge in [-0.15, -0.1) is 0 Å². The third kappa shape index (κ3) is 3.74. The molecule has 0 aliphatic carbocycles. The molecule has 0 saturated heterocycles. The van der Waals surface area contributed by atoms with Gasteiger partial charge in [-0.1, -0.05) is 13.3 Å². The molecule has 0 atom stereocenters. The second kappa shape index (κ2) is 7.11. The van der Waals surface area contributed by atoms with Gasteiger partial charge in [0.05, 0.1) is 5.69 Å². The van der Waals surface area contributed by atoms with Crippen LogP contribution in [0.25, 0.3) is 5.65 Å². The van der Waals surface area contributed by atoms with Crippen LogP contribution in [-0.2, 0) is 4.79 Å². The molecule has 2 rings (SSSR count).